The number of carbonyl (C=O) groups is 1. The van der Waals surface area contributed by atoms with Crippen LogP contribution in [0.4, 0.5) is 0 Å². The Kier molecular flexibility index (Phi) is 4.31. The quantitative estimate of drug-likeness (QED) is 0.865. The van der Waals surface area contributed by atoms with Crippen LogP contribution < -0.4 is 4.72 Å². The first-order valence-corrected chi connectivity index (χ1v) is 7.60. The lowest BCUT2D eigenvalue weighted by atomic mass is 10.2. The number of carboxylic acid groups (broad SMARTS) is 1. The molecule has 2 N–H and O–H groups in total. The molecule has 0 amide bonds. The maximum absolute atomic E-state index is 12.1. The molecule has 1 heterocycles. The fourth-order valence-corrected chi connectivity index (χ4v) is 2.96. The number of carboxylic acids is 1. The van der Waals surface area contributed by atoms with Gasteiger partial charge in [-0.1, -0.05) is 16.8 Å². The van der Waals surface area contributed by atoms with Crippen molar-refractivity contribution < 1.29 is 22.8 Å². The molecule has 0 aliphatic carbocycles. The van der Waals surface area contributed by atoms with Crippen LogP contribution in [-0.4, -0.2) is 24.7 Å². The molecule has 0 unspecified atom stereocenters. The SMILES string of the molecule is Cc1cc(CNS(=O)(=O)c2cc(Cl)cc(C(=O)O)c2)no1. The summed E-state index contributed by atoms with van der Waals surface area (Å²) in [6.07, 6.45) is 0. The molecule has 0 atom stereocenters. The molecule has 112 valence electrons. The maximum Gasteiger partial charge on any atom is 0.335 e. The van der Waals surface area contributed by atoms with Gasteiger partial charge in [0, 0.05) is 11.1 Å². The van der Waals surface area contributed by atoms with E-state index in [4.69, 9.17) is 21.2 Å². The molecule has 0 radical (unpaired) electrons. The first kappa shape index (κ1) is 15.5. The molecule has 0 aliphatic heterocycles. The number of sulfonamides is 1. The second-order valence-corrected chi connectivity index (χ2v) is 6.44. The Morgan fingerprint density at radius 3 is 2.67 bits per heavy atom. The minimum Gasteiger partial charge on any atom is -0.478 e. The summed E-state index contributed by atoms with van der Waals surface area (Å²) in [7, 11) is -3.91. The molecular weight excluding hydrogens is 320 g/mol. The Morgan fingerprint density at radius 2 is 2.10 bits per heavy atom. The van der Waals surface area contributed by atoms with Crippen molar-refractivity contribution in [1.29, 1.82) is 0 Å². The van der Waals surface area contributed by atoms with E-state index >= 15 is 0 Å². The van der Waals surface area contributed by atoms with Gasteiger partial charge in [0.1, 0.15) is 5.76 Å². The molecule has 1 aromatic heterocycles. The van der Waals surface area contributed by atoms with Crippen LogP contribution in [0.3, 0.4) is 0 Å². The van der Waals surface area contributed by atoms with Crippen LogP contribution in [0.1, 0.15) is 21.8 Å². The predicted molar refractivity (Wildman–Crippen MR) is 73.7 cm³/mol. The largest absolute Gasteiger partial charge is 0.478 e. The number of nitrogens with one attached hydrogen (secondary N) is 1. The number of hydrogen-bond donors (Lipinski definition) is 2. The van der Waals surface area contributed by atoms with E-state index in [0.717, 1.165) is 6.07 Å². The average Bonchev–Trinajstić information content (AvgIpc) is 2.81. The van der Waals surface area contributed by atoms with Crippen LogP contribution in [-0.2, 0) is 16.6 Å². The highest BCUT2D eigenvalue weighted by Gasteiger charge is 2.18. The molecule has 7 nitrogen and oxygen atoms in total. The number of aryl methyl sites for hydroxylation is 1. The van der Waals surface area contributed by atoms with Crippen molar-refractivity contribution in [2.24, 2.45) is 0 Å². The molecule has 1 aromatic carbocycles. The van der Waals surface area contributed by atoms with Crippen LogP contribution in [0.2, 0.25) is 5.02 Å². The van der Waals surface area contributed by atoms with E-state index in [1.165, 1.54) is 12.1 Å². The van der Waals surface area contributed by atoms with E-state index in [2.05, 4.69) is 9.88 Å². The third kappa shape index (κ3) is 3.81. The van der Waals surface area contributed by atoms with Crippen LogP contribution >= 0.6 is 11.6 Å². The van der Waals surface area contributed by atoms with Gasteiger partial charge in [-0.15, -0.1) is 0 Å². The molecule has 21 heavy (non-hydrogen) atoms. The molecule has 0 aliphatic rings. The Morgan fingerprint density at radius 1 is 1.38 bits per heavy atom. The van der Waals surface area contributed by atoms with Crippen LogP contribution in [0.15, 0.2) is 33.7 Å². The van der Waals surface area contributed by atoms with E-state index in [-0.39, 0.29) is 22.0 Å². The summed E-state index contributed by atoms with van der Waals surface area (Å²) >= 11 is 5.74. The molecule has 2 rings (SSSR count). The summed E-state index contributed by atoms with van der Waals surface area (Å²) in [6, 6.07) is 4.96. The number of benzene rings is 1. The van der Waals surface area contributed by atoms with Gasteiger partial charge in [-0.2, -0.15) is 0 Å². The Labute approximate surface area is 125 Å². The van der Waals surface area contributed by atoms with Crippen molar-refractivity contribution in [2.45, 2.75) is 18.4 Å². The summed E-state index contributed by atoms with van der Waals surface area (Å²) < 4.78 is 31.4. The van der Waals surface area contributed by atoms with Gasteiger partial charge in [-0.05, 0) is 25.1 Å². The third-order valence-corrected chi connectivity index (χ3v) is 4.15. The minimum atomic E-state index is -3.91. The second-order valence-electron chi connectivity index (χ2n) is 4.23. The summed E-state index contributed by atoms with van der Waals surface area (Å²) in [5, 5.41) is 12.6. The molecule has 0 spiro atoms. The van der Waals surface area contributed by atoms with Gasteiger partial charge in [0.15, 0.2) is 0 Å². The van der Waals surface area contributed by atoms with Gasteiger partial charge in [0.25, 0.3) is 0 Å². The third-order valence-electron chi connectivity index (χ3n) is 2.55. The molecule has 0 saturated heterocycles. The van der Waals surface area contributed by atoms with Gasteiger partial charge in [0.05, 0.1) is 22.7 Å². The zero-order valence-electron chi connectivity index (χ0n) is 10.8. The molecule has 0 fully saturated rings. The second kappa shape index (κ2) is 5.84. The zero-order valence-corrected chi connectivity index (χ0v) is 12.4. The van der Waals surface area contributed by atoms with Crippen molar-refractivity contribution in [3.63, 3.8) is 0 Å². The normalized spacial score (nSPS) is 11.5. The van der Waals surface area contributed by atoms with Crippen molar-refractivity contribution in [3.05, 3.63) is 46.3 Å². The van der Waals surface area contributed by atoms with Gasteiger partial charge < -0.3 is 9.63 Å². The van der Waals surface area contributed by atoms with Gasteiger partial charge in [-0.3, -0.25) is 0 Å². The molecule has 9 heteroatoms. The fraction of sp³-hybridized carbons (Fsp3) is 0.167. The van der Waals surface area contributed by atoms with Crippen molar-refractivity contribution >= 4 is 27.6 Å². The monoisotopic (exact) mass is 330 g/mol. The van der Waals surface area contributed by atoms with E-state index < -0.39 is 16.0 Å². The highest BCUT2D eigenvalue weighted by molar-refractivity contribution is 7.89. The van der Waals surface area contributed by atoms with Crippen LogP contribution in [0.25, 0.3) is 0 Å². The lowest BCUT2D eigenvalue weighted by Crippen LogP contribution is -2.23. The highest BCUT2D eigenvalue weighted by Crippen LogP contribution is 2.19. The van der Waals surface area contributed by atoms with E-state index in [1.807, 2.05) is 0 Å². The molecular formula is C12H11ClN2O5S. The van der Waals surface area contributed by atoms with Gasteiger partial charge in [-0.25, -0.2) is 17.9 Å². The van der Waals surface area contributed by atoms with Crippen molar-refractivity contribution in [1.82, 2.24) is 9.88 Å². The molecule has 0 bridgehead atoms. The first-order valence-electron chi connectivity index (χ1n) is 5.74. The first-order chi connectivity index (χ1) is 9.78. The predicted octanol–water partition coefficient (Wildman–Crippen LogP) is 1.81. The standard InChI is InChI=1S/C12H11ClN2O5S/c1-7-2-10(15-20-7)6-14-21(18,19)11-4-8(12(16)17)3-9(13)5-11/h2-5,14H,6H2,1H3,(H,16,17). The number of nitrogens with zero attached hydrogens (tertiary/aromatic N) is 1. The highest BCUT2D eigenvalue weighted by atomic mass is 35.5. The average molecular weight is 331 g/mol. The van der Waals surface area contributed by atoms with Gasteiger partial charge in [0.2, 0.25) is 10.0 Å². The topological polar surface area (TPSA) is 110 Å². The lowest BCUT2D eigenvalue weighted by Gasteiger charge is -2.07. The van der Waals surface area contributed by atoms with Crippen LogP contribution in [0.5, 0.6) is 0 Å². The Balaban J connectivity index is 2.25. The summed E-state index contributed by atoms with van der Waals surface area (Å²) in [5.74, 6) is -0.707. The lowest BCUT2D eigenvalue weighted by molar-refractivity contribution is 0.0696. The van der Waals surface area contributed by atoms with Crippen molar-refractivity contribution in [2.75, 3.05) is 0 Å². The summed E-state index contributed by atoms with van der Waals surface area (Å²) in [6.45, 7) is 1.61. The molecule has 0 saturated carbocycles. The van der Waals surface area contributed by atoms with E-state index in [1.54, 1.807) is 13.0 Å². The smallest absolute Gasteiger partial charge is 0.335 e. The van der Waals surface area contributed by atoms with E-state index in [0.29, 0.717) is 11.5 Å². The maximum atomic E-state index is 12.1. The molecule has 2 aromatic rings. The fourth-order valence-electron chi connectivity index (χ4n) is 1.59. The zero-order chi connectivity index (χ0) is 15.6. The summed E-state index contributed by atoms with van der Waals surface area (Å²) in [5.41, 5.74) is 0.205. The van der Waals surface area contributed by atoms with Crippen LogP contribution in [0, 0.1) is 6.92 Å². The number of rotatable bonds is 5. The minimum absolute atomic E-state index is 0.0209. The Hall–Kier alpha value is -1.90. The number of aromatic nitrogens is 1. The van der Waals surface area contributed by atoms with Gasteiger partial charge >= 0.3 is 5.97 Å². The van der Waals surface area contributed by atoms with Crippen molar-refractivity contribution in [3.8, 4) is 0 Å². The summed E-state index contributed by atoms with van der Waals surface area (Å²) in [4.78, 5) is 10.7. The number of hydrogen-bond acceptors (Lipinski definition) is 5. The number of halogens is 1. The Bertz CT molecular complexity index is 785. The van der Waals surface area contributed by atoms with E-state index in [9.17, 15) is 13.2 Å². The number of aromatic carboxylic acids is 1.